The molecule has 3 aromatic rings. The second-order valence-corrected chi connectivity index (χ2v) is 9.49. The number of esters is 1. The minimum Gasteiger partial charge on any atom is -0.452 e. The number of nitrogens with one attached hydrogen (secondary N) is 1. The van der Waals surface area contributed by atoms with Crippen LogP contribution in [0.1, 0.15) is 27.4 Å². The van der Waals surface area contributed by atoms with Gasteiger partial charge in [-0.2, -0.15) is 13.2 Å². The number of hydrogen-bond donors (Lipinski definition) is 1. The van der Waals surface area contributed by atoms with Crippen LogP contribution in [0.5, 0.6) is 0 Å². The molecule has 0 radical (unpaired) electrons. The highest BCUT2D eigenvalue weighted by atomic mass is 19.4. The minimum atomic E-state index is -4.65. The molecule has 0 saturated carbocycles. The molecule has 0 saturated heterocycles. The standard InChI is InChI=1S/C29H27F3N4O4/c1-35(2)16-24(37)36(3)21-12-10-20(11-13-21)33-26(18-7-5-4-6-8-18)25-22-14-9-19(15-23(22)34-27(25)38)28(39)40-17-29(30,31)32/h4-15,25H,16-17H2,1-3H3,(H,34,38). The van der Waals surface area contributed by atoms with Crippen LogP contribution in [0.3, 0.4) is 0 Å². The summed E-state index contributed by atoms with van der Waals surface area (Å²) in [5.41, 5.74) is 3.04. The molecule has 0 bridgehead atoms. The van der Waals surface area contributed by atoms with E-state index in [1.54, 1.807) is 41.1 Å². The highest BCUT2D eigenvalue weighted by Crippen LogP contribution is 2.37. The number of fused-ring (bicyclic) bond motifs is 1. The van der Waals surface area contributed by atoms with E-state index in [1.807, 2.05) is 44.4 Å². The first-order chi connectivity index (χ1) is 18.9. The van der Waals surface area contributed by atoms with E-state index in [-0.39, 0.29) is 23.7 Å². The number of amides is 2. The van der Waals surface area contributed by atoms with Crippen molar-refractivity contribution in [3.05, 3.63) is 89.5 Å². The molecule has 1 atom stereocenters. The van der Waals surface area contributed by atoms with E-state index in [9.17, 15) is 27.6 Å². The van der Waals surface area contributed by atoms with Crippen LogP contribution in [0.15, 0.2) is 77.8 Å². The summed E-state index contributed by atoms with van der Waals surface area (Å²) in [5, 5.41) is 2.71. The molecule has 2 amide bonds. The minimum absolute atomic E-state index is 0.0767. The highest BCUT2D eigenvalue weighted by Gasteiger charge is 2.36. The molecule has 11 heteroatoms. The summed E-state index contributed by atoms with van der Waals surface area (Å²) >= 11 is 0. The van der Waals surface area contributed by atoms with Crippen LogP contribution >= 0.6 is 0 Å². The van der Waals surface area contributed by atoms with Gasteiger partial charge in [0.2, 0.25) is 11.8 Å². The van der Waals surface area contributed by atoms with Gasteiger partial charge in [0.05, 0.1) is 23.5 Å². The van der Waals surface area contributed by atoms with Gasteiger partial charge in [-0.25, -0.2) is 4.79 Å². The van der Waals surface area contributed by atoms with Crippen molar-refractivity contribution < 1.29 is 32.3 Å². The van der Waals surface area contributed by atoms with Crippen molar-refractivity contribution in [2.45, 2.75) is 12.1 Å². The second kappa shape index (κ2) is 11.7. The average molecular weight is 553 g/mol. The molecule has 1 N–H and O–H groups in total. The van der Waals surface area contributed by atoms with Crippen LogP contribution in [0.25, 0.3) is 0 Å². The molecule has 40 heavy (non-hydrogen) atoms. The zero-order valence-electron chi connectivity index (χ0n) is 22.0. The number of ether oxygens (including phenoxy) is 1. The molecule has 1 aliphatic rings. The Morgan fingerprint density at radius 1 is 0.950 bits per heavy atom. The van der Waals surface area contributed by atoms with Crippen molar-refractivity contribution in [3.63, 3.8) is 0 Å². The smallest absolute Gasteiger partial charge is 0.422 e. The van der Waals surface area contributed by atoms with E-state index in [2.05, 4.69) is 10.1 Å². The third-order valence-electron chi connectivity index (χ3n) is 6.14. The fraction of sp³-hybridized carbons (Fsp3) is 0.241. The molecule has 0 fully saturated rings. The second-order valence-electron chi connectivity index (χ2n) is 9.49. The van der Waals surface area contributed by atoms with Gasteiger partial charge in [-0.05, 0) is 61.6 Å². The summed E-state index contributed by atoms with van der Waals surface area (Å²) in [6.07, 6.45) is -4.65. The summed E-state index contributed by atoms with van der Waals surface area (Å²) in [7, 11) is 5.31. The maximum atomic E-state index is 13.2. The first-order valence-corrected chi connectivity index (χ1v) is 12.3. The topological polar surface area (TPSA) is 91.3 Å². The lowest BCUT2D eigenvalue weighted by Crippen LogP contribution is -2.34. The average Bonchev–Trinajstić information content (AvgIpc) is 3.24. The molecule has 1 unspecified atom stereocenters. The normalized spacial score (nSPS) is 15.0. The van der Waals surface area contributed by atoms with Crippen molar-refractivity contribution in [3.8, 4) is 0 Å². The molecule has 1 aliphatic heterocycles. The van der Waals surface area contributed by atoms with Gasteiger partial charge in [0.25, 0.3) is 0 Å². The van der Waals surface area contributed by atoms with Crippen molar-refractivity contribution in [2.75, 3.05) is 44.5 Å². The Kier molecular flexibility index (Phi) is 8.34. The molecule has 8 nitrogen and oxygen atoms in total. The summed E-state index contributed by atoms with van der Waals surface area (Å²) in [5.74, 6) is -2.47. The lowest BCUT2D eigenvalue weighted by Gasteiger charge is -2.20. The Bertz CT molecular complexity index is 1440. The van der Waals surface area contributed by atoms with E-state index < -0.39 is 30.6 Å². The summed E-state index contributed by atoms with van der Waals surface area (Å²) in [6.45, 7) is -1.45. The summed E-state index contributed by atoms with van der Waals surface area (Å²) in [4.78, 5) is 45.8. The first kappa shape index (κ1) is 28.5. The number of aliphatic imine (C=N–C) groups is 1. The van der Waals surface area contributed by atoms with Gasteiger partial charge in [0, 0.05) is 18.4 Å². The fourth-order valence-electron chi connectivity index (χ4n) is 4.21. The fourth-order valence-corrected chi connectivity index (χ4v) is 4.21. The number of benzene rings is 3. The predicted molar refractivity (Wildman–Crippen MR) is 145 cm³/mol. The van der Waals surface area contributed by atoms with Crippen molar-refractivity contribution in [1.82, 2.24) is 4.90 Å². The molecular formula is C29H27F3N4O4. The Morgan fingerprint density at radius 3 is 2.25 bits per heavy atom. The number of rotatable bonds is 8. The molecular weight excluding hydrogens is 525 g/mol. The summed E-state index contributed by atoms with van der Waals surface area (Å²) < 4.78 is 41.7. The van der Waals surface area contributed by atoms with Gasteiger partial charge >= 0.3 is 12.1 Å². The number of halogens is 3. The molecule has 0 aliphatic carbocycles. The number of hydrogen-bond acceptors (Lipinski definition) is 6. The van der Waals surface area contributed by atoms with Crippen LogP contribution in [-0.2, 0) is 14.3 Å². The van der Waals surface area contributed by atoms with Gasteiger partial charge < -0.3 is 19.9 Å². The SMILES string of the molecule is CN(C)CC(=O)N(C)c1ccc(N=C(c2ccccc2)C2C(=O)Nc3cc(C(=O)OCC(F)(F)F)ccc32)cc1. The molecule has 0 spiro atoms. The third kappa shape index (κ3) is 6.73. The number of likely N-dealkylation sites (N-methyl/N-ethyl adjacent to an activating group) is 2. The lowest BCUT2D eigenvalue weighted by atomic mass is 9.90. The van der Waals surface area contributed by atoms with E-state index in [1.165, 1.54) is 18.2 Å². The Labute approximate surface area is 229 Å². The van der Waals surface area contributed by atoms with E-state index in [0.717, 1.165) is 0 Å². The number of carbonyl (C=O) groups excluding carboxylic acids is 3. The Hall–Kier alpha value is -4.51. The zero-order chi connectivity index (χ0) is 29.0. The molecule has 1 heterocycles. The monoisotopic (exact) mass is 552 g/mol. The predicted octanol–water partition coefficient (Wildman–Crippen LogP) is 4.79. The largest absolute Gasteiger partial charge is 0.452 e. The van der Waals surface area contributed by atoms with Crippen LogP contribution in [0.2, 0.25) is 0 Å². The van der Waals surface area contributed by atoms with E-state index >= 15 is 0 Å². The number of anilines is 2. The van der Waals surface area contributed by atoms with Gasteiger partial charge in [0.15, 0.2) is 6.61 Å². The highest BCUT2D eigenvalue weighted by molar-refractivity contribution is 6.24. The molecule has 4 rings (SSSR count). The van der Waals surface area contributed by atoms with E-state index in [0.29, 0.717) is 28.2 Å². The summed E-state index contributed by atoms with van der Waals surface area (Å²) in [6, 6.07) is 20.2. The number of alkyl halides is 3. The van der Waals surface area contributed by atoms with Crippen LogP contribution in [0.4, 0.5) is 30.2 Å². The van der Waals surface area contributed by atoms with Gasteiger partial charge in [-0.15, -0.1) is 0 Å². The van der Waals surface area contributed by atoms with E-state index in [4.69, 9.17) is 4.99 Å². The van der Waals surface area contributed by atoms with Crippen molar-refractivity contribution in [1.29, 1.82) is 0 Å². The quantitative estimate of drug-likeness (QED) is 0.321. The molecule has 3 aromatic carbocycles. The molecule has 0 aromatic heterocycles. The van der Waals surface area contributed by atoms with Gasteiger partial charge in [-0.3, -0.25) is 14.6 Å². The van der Waals surface area contributed by atoms with Crippen LogP contribution < -0.4 is 10.2 Å². The third-order valence-corrected chi connectivity index (χ3v) is 6.14. The lowest BCUT2D eigenvalue weighted by molar-refractivity contribution is -0.161. The van der Waals surface area contributed by atoms with Gasteiger partial charge in [0.1, 0.15) is 5.92 Å². The Balaban J connectivity index is 1.66. The number of nitrogens with zero attached hydrogens (tertiary/aromatic N) is 3. The zero-order valence-corrected chi connectivity index (χ0v) is 22.0. The van der Waals surface area contributed by atoms with Crippen LogP contribution in [0, 0.1) is 0 Å². The Morgan fingerprint density at radius 2 is 1.62 bits per heavy atom. The van der Waals surface area contributed by atoms with Gasteiger partial charge in [-0.1, -0.05) is 36.4 Å². The van der Waals surface area contributed by atoms with Crippen molar-refractivity contribution in [2.24, 2.45) is 4.99 Å². The molecule has 208 valence electrons. The number of carbonyl (C=O) groups is 3. The maximum Gasteiger partial charge on any atom is 0.422 e. The van der Waals surface area contributed by atoms with Crippen molar-refractivity contribution >= 4 is 40.6 Å². The van der Waals surface area contributed by atoms with Crippen LogP contribution in [-0.4, -0.2) is 68.9 Å². The maximum absolute atomic E-state index is 13.2. The first-order valence-electron chi connectivity index (χ1n) is 12.3.